The van der Waals surface area contributed by atoms with E-state index in [4.69, 9.17) is 23.2 Å². The topological polar surface area (TPSA) is 0 Å². The van der Waals surface area contributed by atoms with Gasteiger partial charge >= 0.3 is 69.3 Å². The Hall–Kier alpha value is 0.319. The van der Waals surface area contributed by atoms with E-state index >= 15 is 0 Å². The van der Waals surface area contributed by atoms with Crippen LogP contribution in [-0.4, -0.2) is 15.0 Å². The minimum absolute atomic E-state index is 0.546. The van der Waals surface area contributed by atoms with Crippen LogP contribution in [0, 0.1) is 0 Å². The molecule has 2 rings (SSSR count). The predicted octanol–water partition coefficient (Wildman–Crippen LogP) is 0.962. The molecule has 1 aromatic carbocycles. The molecule has 0 saturated heterocycles. The summed E-state index contributed by atoms with van der Waals surface area (Å²) in [6.45, 7) is 0. The van der Waals surface area contributed by atoms with Gasteiger partial charge in [0.25, 0.3) is 0 Å². The van der Waals surface area contributed by atoms with Crippen molar-refractivity contribution in [2.75, 3.05) is 0 Å². The average molecular weight is 224 g/mol. The van der Waals surface area contributed by atoms with Crippen LogP contribution in [0.2, 0.25) is 10.0 Å². The Morgan fingerprint density at radius 1 is 1.22 bits per heavy atom. The van der Waals surface area contributed by atoms with Crippen molar-refractivity contribution in [1.29, 1.82) is 0 Å². The summed E-state index contributed by atoms with van der Waals surface area (Å²) in [6.07, 6.45) is 0. The van der Waals surface area contributed by atoms with E-state index in [0.717, 1.165) is 5.02 Å². The number of hydrogen-bond acceptors (Lipinski definition) is 0. The number of rotatable bonds is 0. The first kappa shape index (κ1) is 6.06. The molecule has 0 spiro atoms. The van der Waals surface area contributed by atoms with Crippen molar-refractivity contribution in [3.63, 3.8) is 0 Å². The van der Waals surface area contributed by atoms with Gasteiger partial charge in [-0.3, -0.25) is 0 Å². The second-order valence-electron chi connectivity index (χ2n) is 1.79. The second kappa shape index (κ2) is 1.90. The Labute approximate surface area is 69.3 Å². The Morgan fingerprint density at radius 3 is 2.67 bits per heavy atom. The van der Waals surface area contributed by atoms with Crippen LogP contribution in [-0.2, 0) is 0 Å². The number of benzene rings is 1. The summed E-state index contributed by atoms with van der Waals surface area (Å²) in [6, 6.07) is 3.90. The molecule has 1 aliphatic rings. The van der Waals surface area contributed by atoms with E-state index in [0.29, 0.717) is 20.0 Å². The van der Waals surface area contributed by atoms with E-state index in [1.54, 1.807) is 0 Å². The zero-order valence-corrected chi connectivity index (χ0v) is 7.54. The van der Waals surface area contributed by atoms with Gasteiger partial charge in [0.1, 0.15) is 0 Å². The van der Waals surface area contributed by atoms with Crippen molar-refractivity contribution < 1.29 is 0 Å². The van der Waals surface area contributed by atoms with Crippen molar-refractivity contribution in [3.8, 4) is 0 Å². The van der Waals surface area contributed by atoms with E-state index in [-0.39, 0.29) is 0 Å². The van der Waals surface area contributed by atoms with Crippen molar-refractivity contribution in [2.45, 2.75) is 0 Å². The van der Waals surface area contributed by atoms with Gasteiger partial charge in [-0.1, -0.05) is 0 Å². The van der Waals surface area contributed by atoms with Crippen molar-refractivity contribution in [2.24, 2.45) is 0 Å². The molecule has 3 heteroatoms. The van der Waals surface area contributed by atoms with E-state index in [2.05, 4.69) is 0 Å². The van der Waals surface area contributed by atoms with Crippen LogP contribution in [0.25, 0.3) is 0 Å². The van der Waals surface area contributed by atoms with Crippen LogP contribution in [0.15, 0.2) is 12.1 Å². The normalized spacial score (nSPS) is 13.1. The molecule has 0 N–H and O–H groups in total. The van der Waals surface area contributed by atoms with Crippen molar-refractivity contribution in [1.82, 2.24) is 0 Å². The summed E-state index contributed by atoms with van der Waals surface area (Å²) in [4.78, 5) is 0. The summed E-state index contributed by atoms with van der Waals surface area (Å²) in [5, 5.41) is 1.46. The summed E-state index contributed by atoms with van der Waals surface area (Å²) in [5.41, 5.74) is 0. The Bertz CT molecular complexity index is 266. The van der Waals surface area contributed by atoms with Gasteiger partial charge in [0.05, 0.1) is 0 Å². The van der Waals surface area contributed by atoms with Crippen LogP contribution in [0.1, 0.15) is 0 Å². The maximum atomic E-state index is 5.81. The molecule has 0 amide bonds. The van der Waals surface area contributed by atoms with E-state index < -0.39 is 0 Å². The van der Waals surface area contributed by atoms with Gasteiger partial charge in [-0.05, 0) is 0 Å². The molecule has 1 heterocycles. The minimum atomic E-state index is 0.546. The van der Waals surface area contributed by atoms with E-state index in [1.807, 2.05) is 12.1 Å². The van der Waals surface area contributed by atoms with Gasteiger partial charge in [0, 0.05) is 0 Å². The van der Waals surface area contributed by atoms with Crippen LogP contribution in [0.4, 0.5) is 0 Å². The Kier molecular flexibility index (Phi) is 1.28. The zero-order valence-electron chi connectivity index (χ0n) is 4.32. The van der Waals surface area contributed by atoms with Crippen molar-refractivity contribution >= 4 is 47.1 Å². The molecule has 46 valence electrons. The first-order valence-corrected chi connectivity index (χ1v) is 4.92. The van der Waals surface area contributed by atoms with Gasteiger partial charge in [-0.15, -0.1) is 0 Å². The summed E-state index contributed by atoms with van der Waals surface area (Å²) in [5.74, 6) is 0. The van der Waals surface area contributed by atoms with Gasteiger partial charge in [-0.2, -0.15) is 0 Å². The molecule has 0 aliphatic carbocycles. The first-order valence-electron chi connectivity index (χ1n) is 2.45. The summed E-state index contributed by atoms with van der Waals surface area (Å²) < 4.78 is 2.69. The zero-order chi connectivity index (χ0) is 6.43. The van der Waals surface area contributed by atoms with Crippen LogP contribution in [0.5, 0.6) is 0 Å². The fourth-order valence-corrected chi connectivity index (χ4v) is 2.87. The quantitative estimate of drug-likeness (QED) is 0.584. The molecular weight excluding hydrogens is 222 g/mol. The van der Waals surface area contributed by atoms with Crippen LogP contribution in [0.3, 0.4) is 0 Å². The molecular formula is C6H2Cl2Se. The molecule has 0 bridgehead atoms. The molecule has 0 saturated carbocycles. The van der Waals surface area contributed by atoms with Crippen molar-refractivity contribution in [3.05, 3.63) is 22.2 Å². The second-order valence-corrected chi connectivity index (χ2v) is 4.78. The monoisotopic (exact) mass is 224 g/mol. The third-order valence-electron chi connectivity index (χ3n) is 1.18. The number of halogens is 2. The average Bonchev–Trinajstić information content (AvgIpc) is 2.58. The first-order chi connectivity index (χ1) is 4.29. The Morgan fingerprint density at radius 2 is 2.00 bits per heavy atom. The predicted molar refractivity (Wildman–Crippen MR) is 41.5 cm³/mol. The van der Waals surface area contributed by atoms with Crippen LogP contribution >= 0.6 is 23.2 Å². The molecule has 1 aromatic rings. The third kappa shape index (κ3) is 0.890. The SMILES string of the molecule is Clc1ccc2c(c1Cl)[Se]2. The molecule has 0 unspecified atom stereocenters. The van der Waals surface area contributed by atoms with Gasteiger partial charge in [0.15, 0.2) is 0 Å². The molecule has 0 radical (unpaired) electrons. The van der Waals surface area contributed by atoms with Gasteiger partial charge in [0.2, 0.25) is 0 Å². The van der Waals surface area contributed by atoms with E-state index in [1.165, 1.54) is 8.92 Å². The molecule has 0 nitrogen and oxygen atoms in total. The number of hydrogen-bond donors (Lipinski definition) is 0. The molecule has 0 fully saturated rings. The summed E-state index contributed by atoms with van der Waals surface area (Å²) >= 11 is 12.1. The van der Waals surface area contributed by atoms with Gasteiger partial charge < -0.3 is 0 Å². The van der Waals surface area contributed by atoms with Gasteiger partial charge in [-0.25, -0.2) is 0 Å². The van der Waals surface area contributed by atoms with Crippen LogP contribution < -0.4 is 8.92 Å². The maximum absolute atomic E-state index is 5.81. The standard InChI is InChI=1S/C6H2Cl2Se/c7-3-1-2-4-6(9-4)5(3)8/h1-2H. The summed E-state index contributed by atoms with van der Waals surface area (Å²) in [7, 11) is 0. The fraction of sp³-hybridized carbons (Fsp3) is 0. The number of fused-ring (bicyclic) bond motifs is 1. The third-order valence-corrected chi connectivity index (χ3v) is 4.31. The fourth-order valence-electron chi connectivity index (χ4n) is 0.678. The molecule has 0 atom stereocenters. The molecule has 9 heavy (non-hydrogen) atoms. The molecule has 1 aliphatic heterocycles. The molecule has 0 aromatic heterocycles. The van der Waals surface area contributed by atoms with E-state index in [9.17, 15) is 0 Å². The Balaban J connectivity index is 2.70.